The minimum Gasteiger partial charge on any atom is -0.392 e. The lowest BCUT2D eigenvalue weighted by Crippen LogP contribution is -2.36. The highest BCUT2D eigenvalue weighted by Gasteiger charge is 2.23. The van der Waals surface area contributed by atoms with E-state index in [0.717, 1.165) is 48.2 Å². The number of fused-ring (bicyclic) bond motifs is 1. The Kier molecular flexibility index (Phi) is 3.71. The van der Waals surface area contributed by atoms with Crippen LogP contribution in [0.25, 0.3) is 10.9 Å². The number of aromatic nitrogens is 3. The van der Waals surface area contributed by atoms with E-state index in [1.165, 1.54) is 0 Å². The summed E-state index contributed by atoms with van der Waals surface area (Å²) in [6, 6.07) is 12.5. The van der Waals surface area contributed by atoms with Gasteiger partial charge in [-0.1, -0.05) is 18.2 Å². The standard InChI is InChI=1S/C18H20N4O/c23-13-15-12-14-4-1-2-5-17(14)20-18(15)21-10-6-16(7-11-21)22-9-3-8-19-22/h1-5,8-9,12,16,23H,6-7,10-11,13H2. The molecule has 0 saturated carbocycles. The lowest BCUT2D eigenvalue weighted by atomic mass is 10.0. The Balaban J connectivity index is 1.60. The number of hydrogen-bond donors (Lipinski definition) is 1. The molecule has 5 nitrogen and oxygen atoms in total. The molecule has 2 aromatic heterocycles. The molecule has 0 amide bonds. The molecule has 5 heteroatoms. The van der Waals surface area contributed by atoms with Gasteiger partial charge in [-0.05, 0) is 31.0 Å². The average molecular weight is 308 g/mol. The molecule has 1 saturated heterocycles. The first-order valence-electron chi connectivity index (χ1n) is 8.09. The van der Waals surface area contributed by atoms with Crippen molar-refractivity contribution in [3.05, 3.63) is 54.4 Å². The zero-order valence-electron chi connectivity index (χ0n) is 13.0. The maximum absolute atomic E-state index is 9.73. The molecular weight excluding hydrogens is 288 g/mol. The van der Waals surface area contributed by atoms with Gasteiger partial charge in [-0.3, -0.25) is 4.68 Å². The summed E-state index contributed by atoms with van der Waals surface area (Å²) in [5.74, 6) is 0.921. The van der Waals surface area contributed by atoms with Gasteiger partial charge in [0.25, 0.3) is 0 Å². The Bertz CT molecular complexity index is 792. The number of para-hydroxylation sites is 1. The van der Waals surface area contributed by atoms with Gasteiger partial charge in [-0.25, -0.2) is 4.98 Å². The molecule has 1 N–H and O–H groups in total. The van der Waals surface area contributed by atoms with Gasteiger partial charge in [0.05, 0.1) is 18.2 Å². The molecule has 0 atom stereocenters. The third-order valence-corrected chi connectivity index (χ3v) is 4.61. The summed E-state index contributed by atoms with van der Waals surface area (Å²) in [4.78, 5) is 7.09. The van der Waals surface area contributed by atoms with E-state index >= 15 is 0 Å². The number of anilines is 1. The van der Waals surface area contributed by atoms with Crippen molar-refractivity contribution in [2.24, 2.45) is 0 Å². The van der Waals surface area contributed by atoms with Crippen LogP contribution in [-0.4, -0.2) is 33.0 Å². The third-order valence-electron chi connectivity index (χ3n) is 4.61. The van der Waals surface area contributed by atoms with E-state index < -0.39 is 0 Å². The first-order chi connectivity index (χ1) is 11.3. The first kappa shape index (κ1) is 14.2. The fourth-order valence-electron chi connectivity index (χ4n) is 3.38. The predicted octanol–water partition coefficient (Wildman–Crippen LogP) is 2.77. The van der Waals surface area contributed by atoms with Crippen molar-refractivity contribution in [1.82, 2.24) is 14.8 Å². The molecule has 1 aromatic carbocycles. The van der Waals surface area contributed by atoms with Crippen LogP contribution < -0.4 is 4.90 Å². The van der Waals surface area contributed by atoms with Crippen molar-refractivity contribution in [2.45, 2.75) is 25.5 Å². The minimum absolute atomic E-state index is 0.0201. The van der Waals surface area contributed by atoms with Crippen LogP contribution in [0.1, 0.15) is 24.4 Å². The van der Waals surface area contributed by atoms with E-state index in [4.69, 9.17) is 4.98 Å². The van der Waals surface area contributed by atoms with Gasteiger partial charge in [0.2, 0.25) is 0 Å². The van der Waals surface area contributed by atoms with Crippen LogP contribution in [0.4, 0.5) is 5.82 Å². The van der Waals surface area contributed by atoms with E-state index in [1.807, 2.05) is 42.7 Å². The van der Waals surface area contributed by atoms with Crippen LogP contribution in [0, 0.1) is 0 Å². The van der Waals surface area contributed by atoms with Gasteiger partial charge >= 0.3 is 0 Å². The predicted molar refractivity (Wildman–Crippen MR) is 90.4 cm³/mol. The number of pyridine rings is 1. The molecule has 3 heterocycles. The van der Waals surface area contributed by atoms with E-state index in [1.54, 1.807) is 0 Å². The first-order valence-corrected chi connectivity index (χ1v) is 8.09. The van der Waals surface area contributed by atoms with Crippen LogP contribution in [0.2, 0.25) is 0 Å². The number of rotatable bonds is 3. The third kappa shape index (κ3) is 2.68. The molecule has 4 rings (SSSR count). The number of piperidine rings is 1. The Labute approximate surface area is 135 Å². The van der Waals surface area contributed by atoms with Crippen LogP contribution in [0.15, 0.2) is 48.8 Å². The summed E-state index contributed by atoms with van der Waals surface area (Å²) in [5.41, 5.74) is 1.88. The number of hydrogen-bond acceptors (Lipinski definition) is 4. The molecule has 118 valence electrons. The van der Waals surface area contributed by atoms with Crippen molar-refractivity contribution >= 4 is 16.7 Å². The molecule has 1 aliphatic rings. The number of aliphatic hydroxyl groups is 1. The zero-order chi connectivity index (χ0) is 15.6. The van der Waals surface area contributed by atoms with Crippen molar-refractivity contribution in [2.75, 3.05) is 18.0 Å². The van der Waals surface area contributed by atoms with Crippen molar-refractivity contribution in [1.29, 1.82) is 0 Å². The lowest BCUT2D eigenvalue weighted by molar-refractivity contribution is 0.281. The van der Waals surface area contributed by atoms with E-state index in [9.17, 15) is 5.11 Å². The largest absolute Gasteiger partial charge is 0.392 e. The quantitative estimate of drug-likeness (QED) is 0.808. The molecule has 0 radical (unpaired) electrons. The van der Waals surface area contributed by atoms with Crippen molar-refractivity contribution in [3.8, 4) is 0 Å². The number of nitrogens with zero attached hydrogens (tertiary/aromatic N) is 4. The number of aliphatic hydroxyl groups excluding tert-OH is 1. The SMILES string of the molecule is OCc1cc2ccccc2nc1N1CCC(n2cccn2)CC1. The Morgan fingerprint density at radius 3 is 2.70 bits per heavy atom. The molecule has 0 aliphatic carbocycles. The summed E-state index contributed by atoms with van der Waals surface area (Å²) in [5, 5.41) is 15.2. The van der Waals surface area contributed by atoms with Gasteiger partial charge in [0.15, 0.2) is 0 Å². The fourth-order valence-corrected chi connectivity index (χ4v) is 3.38. The highest BCUT2D eigenvalue weighted by Crippen LogP contribution is 2.29. The van der Waals surface area contributed by atoms with Gasteiger partial charge in [0.1, 0.15) is 5.82 Å². The molecule has 23 heavy (non-hydrogen) atoms. The monoisotopic (exact) mass is 308 g/mol. The number of benzene rings is 1. The van der Waals surface area contributed by atoms with Gasteiger partial charge < -0.3 is 10.0 Å². The van der Waals surface area contributed by atoms with E-state index in [-0.39, 0.29) is 6.61 Å². The Morgan fingerprint density at radius 2 is 1.96 bits per heavy atom. The molecule has 3 aromatic rings. The molecule has 0 spiro atoms. The van der Waals surface area contributed by atoms with Gasteiger partial charge in [-0.15, -0.1) is 0 Å². The van der Waals surface area contributed by atoms with Crippen LogP contribution in [0.5, 0.6) is 0 Å². The van der Waals surface area contributed by atoms with Crippen LogP contribution in [-0.2, 0) is 6.61 Å². The second kappa shape index (κ2) is 6.01. The Hall–Kier alpha value is -2.40. The van der Waals surface area contributed by atoms with E-state index in [0.29, 0.717) is 6.04 Å². The maximum Gasteiger partial charge on any atom is 0.134 e. The normalized spacial score (nSPS) is 16.1. The molecule has 0 bridgehead atoms. The highest BCUT2D eigenvalue weighted by atomic mass is 16.3. The summed E-state index contributed by atoms with van der Waals surface area (Å²) >= 11 is 0. The van der Waals surface area contributed by atoms with Crippen molar-refractivity contribution < 1.29 is 5.11 Å². The highest BCUT2D eigenvalue weighted by molar-refractivity contribution is 5.81. The van der Waals surface area contributed by atoms with Gasteiger partial charge in [0, 0.05) is 36.4 Å². The summed E-state index contributed by atoms with van der Waals surface area (Å²) in [7, 11) is 0. The summed E-state index contributed by atoms with van der Waals surface area (Å²) in [6.07, 6.45) is 5.96. The summed E-state index contributed by atoms with van der Waals surface area (Å²) in [6.45, 7) is 1.89. The second-order valence-electron chi connectivity index (χ2n) is 6.03. The van der Waals surface area contributed by atoms with Crippen LogP contribution >= 0.6 is 0 Å². The zero-order valence-corrected chi connectivity index (χ0v) is 13.0. The maximum atomic E-state index is 9.73. The van der Waals surface area contributed by atoms with Crippen LogP contribution in [0.3, 0.4) is 0 Å². The van der Waals surface area contributed by atoms with Gasteiger partial charge in [-0.2, -0.15) is 5.10 Å². The second-order valence-corrected chi connectivity index (χ2v) is 6.03. The lowest BCUT2D eigenvalue weighted by Gasteiger charge is -2.34. The average Bonchev–Trinajstić information content (AvgIpc) is 3.15. The molecule has 1 aliphatic heterocycles. The Morgan fingerprint density at radius 1 is 1.13 bits per heavy atom. The minimum atomic E-state index is 0.0201. The summed E-state index contributed by atoms with van der Waals surface area (Å²) < 4.78 is 2.05. The van der Waals surface area contributed by atoms with Crippen molar-refractivity contribution in [3.63, 3.8) is 0 Å². The molecule has 1 fully saturated rings. The van der Waals surface area contributed by atoms with E-state index in [2.05, 4.69) is 20.7 Å². The molecular formula is C18H20N4O. The topological polar surface area (TPSA) is 54.2 Å². The fraction of sp³-hybridized carbons (Fsp3) is 0.333. The molecule has 0 unspecified atom stereocenters. The smallest absolute Gasteiger partial charge is 0.134 e.